The van der Waals surface area contributed by atoms with Crippen LogP contribution in [0.3, 0.4) is 0 Å². The Bertz CT molecular complexity index is 511. The molecule has 1 aromatic carbocycles. The van der Waals surface area contributed by atoms with Gasteiger partial charge in [0.05, 0.1) is 5.02 Å². The van der Waals surface area contributed by atoms with Crippen molar-refractivity contribution in [2.45, 2.75) is 17.9 Å². The van der Waals surface area contributed by atoms with Crippen LogP contribution < -0.4 is 5.32 Å². The monoisotopic (exact) mass is 334 g/mol. The summed E-state index contributed by atoms with van der Waals surface area (Å²) in [5, 5.41) is 3.39. The molecule has 0 aliphatic rings. The van der Waals surface area contributed by atoms with Crippen LogP contribution in [0.5, 0.6) is 0 Å². The number of anilines is 1. The number of benzene rings is 1. The minimum absolute atomic E-state index is 0.0956. The van der Waals surface area contributed by atoms with Gasteiger partial charge in [-0.3, -0.25) is 4.21 Å². The Hall–Kier alpha value is -0.720. The third-order valence-electron chi connectivity index (χ3n) is 2.86. The maximum absolute atomic E-state index is 12.1. The number of nitrogens with one attached hydrogen (secondary N) is 1. The molecule has 1 rings (SSSR count). The van der Waals surface area contributed by atoms with Gasteiger partial charge < -0.3 is 10.2 Å². The number of thioether (sulfide) groups is 1. The van der Waals surface area contributed by atoms with Gasteiger partial charge in [-0.25, -0.2) is 4.79 Å². The third-order valence-corrected chi connectivity index (χ3v) is 5.03. The molecular formula is C13H19ClN2O2S2. The molecule has 0 fully saturated rings. The van der Waals surface area contributed by atoms with E-state index in [-0.39, 0.29) is 12.1 Å². The van der Waals surface area contributed by atoms with E-state index in [4.69, 9.17) is 11.6 Å². The van der Waals surface area contributed by atoms with Crippen molar-refractivity contribution in [1.29, 1.82) is 0 Å². The molecule has 2 atom stereocenters. The quantitative estimate of drug-likeness (QED) is 0.840. The molecular weight excluding hydrogens is 316 g/mol. The van der Waals surface area contributed by atoms with E-state index < -0.39 is 10.8 Å². The van der Waals surface area contributed by atoms with E-state index >= 15 is 0 Å². The van der Waals surface area contributed by atoms with Crippen molar-refractivity contribution in [3.63, 3.8) is 0 Å². The summed E-state index contributed by atoms with van der Waals surface area (Å²) in [5.41, 5.74) is 0.648. The molecule has 7 heteroatoms. The van der Waals surface area contributed by atoms with Crippen LogP contribution in [-0.2, 0) is 10.8 Å². The molecule has 0 unspecified atom stereocenters. The zero-order valence-electron chi connectivity index (χ0n) is 12.0. The second-order valence-corrected chi connectivity index (χ2v) is 7.21. The average Bonchev–Trinajstić information content (AvgIpc) is 2.37. The Kier molecular flexibility index (Phi) is 6.85. The van der Waals surface area contributed by atoms with Gasteiger partial charge in [-0.2, -0.15) is 0 Å². The summed E-state index contributed by atoms with van der Waals surface area (Å²) >= 11 is 7.65. The minimum atomic E-state index is -0.933. The van der Waals surface area contributed by atoms with Crippen LogP contribution in [0, 0.1) is 0 Å². The minimum Gasteiger partial charge on any atom is -0.324 e. The van der Waals surface area contributed by atoms with E-state index in [0.29, 0.717) is 16.5 Å². The molecule has 0 aliphatic heterocycles. The van der Waals surface area contributed by atoms with Crippen LogP contribution in [0.1, 0.15) is 6.92 Å². The summed E-state index contributed by atoms with van der Waals surface area (Å²) in [6.45, 7) is 1.87. The van der Waals surface area contributed by atoms with Crippen molar-refractivity contribution in [2.24, 2.45) is 0 Å². The Balaban J connectivity index is 2.70. The maximum Gasteiger partial charge on any atom is 0.321 e. The largest absolute Gasteiger partial charge is 0.324 e. The van der Waals surface area contributed by atoms with E-state index in [1.807, 2.05) is 25.3 Å². The predicted molar refractivity (Wildman–Crippen MR) is 88.4 cm³/mol. The van der Waals surface area contributed by atoms with Gasteiger partial charge in [-0.05, 0) is 31.4 Å². The number of carbonyl (C=O) groups excluding carboxylic acids is 1. The summed E-state index contributed by atoms with van der Waals surface area (Å²) in [4.78, 5) is 14.6. The molecule has 0 aliphatic carbocycles. The zero-order valence-corrected chi connectivity index (χ0v) is 14.4. The zero-order chi connectivity index (χ0) is 15.3. The van der Waals surface area contributed by atoms with E-state index in [0.717, 1.165) is 4.90 Å². The smallest absolute Gasteiger partial charge is 0.321 e. The van der Waals surface area contributed by atoms with Crippen LogP contribution in [0.25, 0.3) is 0 Å². The molecule has 1 N–H and O–H groups in total. The van der Waals surface area contributed by atoms with Crippen LogP contribution >= 0.6 is 23.4 Å². The molecule has 20 heavy (non-hydrogen) atoms. The topological polar surface area (TPSA) is 49.4 Å². The van der Waals surface area contributed by atoms with Crippen molar-refractivity contribution in [1.82, 2.24) is 4.90 Å². The lowest BCUT2D eigenvalue weighted by Gasteiger charge is -2.24. The lowest BCUT2D eigenvalue weighted by molar-refractivity contribution is 0.212. The second kappa shape index (κ2) is 7.90. The fraction of sp³-hybridized carbons (Fsp3) is 0.462. The fourth-order valence-corrected chi connectivity index (χ4v) is 3.38. The highest BCUT2D eigenvalue weighted by molar-refractivity contribution is 7.98. The molecule has 0 saturated heterocycles. The lowest BCUT2D eigenvalue weighted by Crippen LogP contribution is -2.40. The number of hydrogen-bond acceptors (Lipinski definition) is 3. The summed E-state index contributed by atoms with van der Waals surface area (Å²) < 4.78 is 11.2. The summed E-state index contributed by atoms with van der Waals surface area (Å²) in [6, 6.07) is 5.07. The standard InChI is InChI=1S/C13H19ClN2O2S2/c1-9(8-20(4)18)16(2)13(17)15-10-5-6-12(19-3)11(14)7-10/h5-7,9H,8H2,1-4H3,(H,15,17)/t9-,20+/m1/s1. The van der Waals surface area contributed by atoms with Gasteiger partial charge >= 0.3 is 6.03 Å². The van der Waals surface area contributed by atoms with Gasteiger partial charge in [0.15, 0.2) is 0 Å². The van der Waals surface area contributed by atoms with Gasteiger partial charge in [0.2, 0.25) is 0 Å². The summed E-state index contributed by atoms with van der Waals surface area (Å²) in [5.74, 6) is 0.454. The van der Waals surface area contributed by atoms with Crippen LogP contribution in [0.2, 0.25) is 5.02 Å². The molecule has 2 amide bonds. The predicted octanol–water partition coefficient (Wildman–Crippen LogP) is 3.29. The van der Waals surface area contributed by atoms with Gasteiger partial charge in [0.1, 0.15) is 0 Å². The number of urea groups is 1. The van der Waals surface area contributed by atoms with Gasteiger partial charge in [-0.1, -0.05) is 11.6 Å². The highest BCUT2D eigenvalue weighted by Gasteiger charge is 2.17. The van der Waals surface area contributed by atoms with E-state index in [1.165, 1.54) is 4.90 Å². The average molecular weight is 335 g/mol. The lowest BCUT2D eigenvalue weighted by atomic mass is 10.3. The number of halogens is 1. The van der Waals surface area contributed by atoms with Gasteiger partial charge in [-0.15, -0.1) is 11.8 Å². The molecule has 112 valence electrons. The number of hydrogen-bond donors (Lipinski definition) is 1. The number of amides is 2. The Morgan fingerprint density at radius 3 is 2.70 bits per heavy atom. The van der Waals surface area contributed by atoms with Crippen molar-refractivity contribution in [3.8, 4) is 0 Å². The normalized spacial score (nSPS) is 13.7. The van der Waals surface area contributed by atoms with Crippen LogP contribution in [-0.4, -0.2) is 46.5 Å². The first-order valence-corrected chi connectivity index (χ1v) is 9.35. The second-order valence-electron chi connectivity index (χ2n) is 4.48. The summed E-state index contributed by atoms with van der Waals surface area (Å²) in [6.07, 6.45) is 3.57. The fourth-order valence-electron chi connectivity index (χ4n) is 1.61. The van der Waals surface area contributed by atoms with Gasteiger partial charge in [0, 0.05) is 46.5 Å². The number of nitrogens with zero attached hydrogens (tertiary/aromatic N) is 1. The van der Waals surface area contributed by atoms with E-state index in [2.05, 4.69) is 5.32 Å². The first kappa shape index (κ1) is 17.3. The Morgan fingerprint density at radius 1 is 1.55 bits per heavy atom. The van der Waals surface area contributed by atoms with Crippen LogP contribution in [0.15, 0.2) is 23.1 Å². The van der Waals surface area contributed by atoms with E-state index in [1.54, 1.807) is 31.1 Å². The highest BCUT2D eigenvalue weighted by atomic mass is 35.5. The number of rotatable bonds is 5. The highest BCUT2D eigenvalue weighted by Crippen LogP contribution is 2.28. The molecule has 1 aromatic rings. The SMILES string of the molecule is CSc1ccc(NC(=O)N(C)[C@H](C)C[S@](C)=O)cc1Cl. The van der Waals surface area contributed by atoms with Crippen molar-refractivity contribution in [3.05, 3.63) is 23.2 Å². The molecule has 4 nitrogen and oxygen atoms in total. The Labute approximate surface area is 131 Å². The number of carbonyl (C=O) groups is 1. The van der Waals surface area contributed by atoms with Crippen molar-refractivity contribution < 1.29 is 9.00 Å². The third kappa shape index (κ3) is 5.00. The first-order chi connectivity index (χ1) is 9.35. The van der Waals surface area contributed by atoms with Crippen LogP contribution in [0.4, 0.5) is 10.5 Å². The molecule has 0 heterocycles. The molecule has 0 spiro atoms. The molecule has 0 radical (unpaired) electrons. The van der Waals surface area contributed by atoms with Crippen molar-refractivity contribution in [2.75, 3.05) is 30.6 Å². The molecule has 0 bridgehead atoms. The van der Waals surface area contributed by atoms with Crippen molar-refractivity contribution >= 4 is 45.9 Å². The molecule has 0 aromatic heterocycles. The first-order valence-electron chi connectivity index (χ1n) is 6.02. The van der Waals surface area contributed by atoms with Gasteiger partial charge in [0.25, 0.3) is 0 Å². The maximum atomic E-state index is 12.1. The van der Waals surface area contributed by atoms with E-state index in [9.17, 15) is 9.00 Å². The molecule has 0 saturated carbocycles. The summed E-state index contributed by atoms with van der Waals surface area (Å²) in [7, 11) is 0.752. The Morgan fingerprint density at radius 2 is 2.20 bits per heavy atom.